The fourth-order valence-corrected chi connectivity index (χ4v) is 6.69. The number of oxazole rings is 1. The van der Waals surface area contributed by atoms with Crippen molar-refractivity contribution in [1.29, 1.82) is 0 Å². The van der Waals surface area contributed by atoms with Crippen molar-refractivity contribution in [1.82, 2.24) is 19.8 Å². The van der Waals surface area contributed by atoms with Gasteiger partial charge in [-0.2, -0.15) is 0 Å². The molecule has 10 heteroatoms. The van der Waals surface area contributed by atoms with Crippen LogP contribution in [0.3, 0.4) is 0 Å². The molecule has 6 heterocycles. The minimum Gasteiger partial charge on any atom is -0.481 e. The molecule has 0 N–H and O–H groups in total. The van der Waals surface area contributed by atoms with Gasteiger partial charge in [-0.3, -0.25) is 24.4 Å². The summed E-state index contributed by atoms with van der Waals surface area (Å²) >= 11 is 8.12. The van der Waals surface area contributed by atoms with Crippen LogP contribution in [0.1, 0.15) is 47.3 Å². The Kier molecular flexibility index (Phi) is 5.53. The summed E-state index contributed by atoms with van der Waals surface area (Å²) in [6.07, 6.45) is 5.43. The number of carbonyl (C=O) groups excluding carboxylic acids is 2. The number of thiophene rings is 1. The van der Waals surface area contributed by atoms with Gasteiger partial charge in [-0.1, -0.05) is 11.6 Å². The summed E-state index contributed by atoms with van der Waals surface area (Å²) in [5.41, 5.74) is 4.60. The maximum Gasteiger partial charge on any atom is 0.230 e. The highest BCUT2D eigenvalue weighted by Gasteiger charge is 2.34. The normalized spacial score (nSPS) is 19.5. The second-order valence-electron chi connectivity index (χ2n) is 9.70. The molecule has 1 aromatic carbocycles. The van der Waals surface area contributed by atoms with E-state index in [2.05, 4.69) is 14.9 Å². The summed E-state index contributed by atoms with van der Waals surface area (Å²) in [6.45, 7) is 3.20. The zero-order valence-electron chi connectivity index (χ0n) is 19.9. The molecule has 2 fully saturated rings. The largest absolute Gasteiger partial charge is 0.481 e. The van der Waals surface area contributed by atoms with Gasteiger partial charge in [0.15, 0.2) is 18.3 Å². The maximum atomic E-state index is 12.1. The lowest BCUT2D eigenvalue weighted by molar-refractivity contribution is -0.138. The first-order valence-corrected chi connectivity index (χ1v) is 13.6. The summed E-state index contributed by atoms with van der Waals surface area (Å²) in [4.78, 5) is 37.9. The number of nitrogens with zero attached hydrogens (tertiary/aromatic N) is 4. The fraction of sp³-hybridized carbons (Fsp3) is 0.333. The molecule has 4 aromatic rings. The highest BCUT2D eigenvalue weighted by molar-refractivity contribution is 7.19. The lowest BCUT2D eigenvalue weighted by atomic mass is 10.00. The lowest BCUT2D eigenvalue weighted by Gasteiger charge is -2.30. The van der Waals surface area contributed by atoms with E-state index in [1.165, 1.54) is 29.1 Å². The van der Waals surface area contributed by atoms with E-state index in [4.69, 9.17) is 20.8 Å². The molecule has 0 bridgehead atoms. The molecular formula is C27H23ClN4O4S. The Morgan fingerprint density at radius 3 is 2.68 bits per heavy atom. The van der Waals surface area contributed by atoms with Gasteiger partial charge in [-0.05, 0) is 43.8 Å². The van der Waals surface area contributed by atoms with Gasteiger partial charge in [0.1, 0.15) is 11.4 Å². The monoisotopic (exact) mass is 534 g/mol. The zero-order valence-corrected chi connectivity index (χ0v) is 21.5. The molecule has 0 radical (unpaired) electrons. The molecule has 3 aliphatic rings. The van der Waals surface area contributed by atoms with Crippen LogP contribution in [0.4, 0.5) is 0 Å². The Balaban J connectivity index is 1.23. The molecule has 7 rings (SSSR count). The second kappa shape index (κ2) is 8.93. The molecule has 8 nitrogen and oxygen atoms in total. The quantitative estimate of drug-likeness (QED) is 0.317. The Morgan fingerprint density at radius 2 is 1.89 bits per heavy atom. The van der Waals surface area contributed by atoms with Crippen molar-refractivity contribution in [3.05, 3.63) is 63.8 Å². The van der Waals surface area contributed by atoms with E-state index in [9.17, 15) is 9.59 Å². The first-order chi connectivity index (χ1) is 18.0. The average Bonchev–Trinajstić information content (AvgIpc) is 3.63. The molecule has 2 amide bonds. The Morgan fingerprint density at radius 1 is 1.05 bits per heavy atom. The van der Waals surface area contributed by atoms with E-state index in [1.54, 1.807) is 6.20 Å². The van der Waals surface area contributed by atoms with Gasteiger partial charge < -0.3 is 9.15 Å². The molecule has 37 heavy (non-hydrogen) atoms. The SMILES string of the molecule is O=C1CCC(=O)N1Cc1cc2nccc(-c3cc(Cl)cc4c3OC(c3ocnc3CN3CCC3)C4)c2s1. The third-order valence-corrected chi connectivity index (χ3v) is 8.67. The fourth-order valence-electron chi connectivity index (χ4n) is 5.31. The minimum absolute atomic E-state index is 0.122. The van der Waals surface area contributed by atoms with E-state index >= 15 is 0 Å². The highest BCUT2D eigenvalue weighted by Crippen LogP contribution is 2.48. The van der Waals surface area contributed by atoms with E-state index < -0.39 is 0 Å². The Bertz CT molecular complexity index is 1540. The molecule has 0 aliphatic carbocycles. The van der Waals surface area contributed by atoms with Crippen LogP contribution in [0.5, 0.6) is 5.75 Å². The summed E-state index contributed by atoms with van der Waals surface area (Å²) in [7, 11) is 0. The molecular weight excluding hydrogens is 512 g/mol. The van der Waals surface area contributed by atoms with Crippen molar-refractivity contribution in [2.75, 3.05) is 13.1 Å². The van der Waals surface area contributed by atoms with Gasteiger partial charge in [-0.15, -0.1) is 11.3 Å². The van der Waals surface area contributed by atoms with Gasteiger partial charge in [0.25, 0.3) is 0 Å². The van der Waals surface area contributed by atoms with Crippen LogP contribution < -0.4 is 4.74 Å². The number of imide groups is 1. The predicted molar refractivity (Wildman–Crippen MR) is 138 cm³/mol. The van der Waals surface area contributed by atoms with Crippen molar-refractivity contribution < 1.29 is 18.7 Å². The minimum atomic E-state index is -0.269. The summed E-state index contributed by atoms with van der Waals surface area (Å²) in [6, 6.07) is 7.79. The number of rotatable bonds is 6. The molecule has 3 aromatic heterocycles. The van der Waals surface area contributed by atoms with Crippen LogP contribution in [-0.2, 0) is 29.1 Å². The zero-order chi connectivity index (χ0) is 25.1. The van der Waals surface area contributed by atoms with E-state index in [0.29, 0.717) is 11.4 Å². The van der Waals surface area contributed by atoms with Gasteiger partial charge in [0.2, 0.25) is 11.8 Å². The third-order valence-electron chi connectivity index (χ3n) is 7.31. The molecule has 3 aliphatic heterocycles. The van der Waals surface area contributed by atoms with Crippen LogP contribution in [-0.4, -0.2) is 44.7 Å². The van der Waals surface area contributed by atoms with Gasteiger partial charge in [0.05, 0.1) is 16.8 Å². The number of halogens is 1. The Hall–Kier alpha value is -3.27. The number of pyridine rings is 1. The number of benzene rings is 1. The van der Waals surface area contributed by atoms with Gasteiger partial charge in [-0.25, -0.2) is 4.98 Å². The number of hydrogen-bond acceptors (Lipinski definition) is 8. The maximum absolute atomic E-state index is 12.1. The predicted octanol–water partition coefficient (Wildman–Crippen LogP) is 5.14. The third kappa shape index (κ3) is 4.02. The number of carbonyl (C=O) groups is 2. The van der Waals surface area contributed by atoms with Crippen molar-refractivity contribution in [3.8, 4) is 16.9 Å². The molecule has 1 atom stereocenters. The van der Waals surface area contributed by atoms with Crippen LogP contribution in [0.15, 0.2) is 41.3 Å². The smallest absolute Gasteiger partial charge is 0.230 e. The second-order valence-corrected chi connectivity index (χ2v) is 11.3. The number of fused-ring (bicyclic) bond motifs is 2. The van der Waals surface area contributed by atoms with Crippen molar-refractivity contribution in [3.63, 3.8) is 0 Å². The number of ether oxygens (including phenoxy) is 1. The van der Waals surface area contributed by atoms with Crippen LogP contribution in [0.25, 0.3) is 21.3 Å². The van der Waals surface area contributed by atoms with Crippen molar-refractivity contribution in [2.24, 2.45) is 0 Å². The van der Waals surface area contributed by atoms with E-state index in [-0.39, 0.29) is 37.3 Å². The van der Waals surface area contributed by atoms with E-state index in [0.717, 1.165) is 68.6 Å². The Labute approximate surface area is 221 Å². The molecule has 188 valence electrons. The van der Waals surface area contributed by atoms with Crippen molar-refractivity contribution >= 4 is 45.0 Å². The summed E-state index contributed by atoms with van der Waals surface area (Å²) in [5.74, 6) is 1.31. The topological polar surface area (TPSA) is 88.8 Å². The number of amides is 2. The standard InChI is InChI=1S/C27H23ClN4O4S/c28-16-8-15-9-22(26-21(30-14-35-26)13-31-6-1-7-31)36-25(15)19(10-16)18-4-5-29-20-11-17(37-27(18)20)12-32-23(33)2-3-24(32)34/h4-5,8,10-11,14,22H,1-3,6-7,9,12-13H2. The first-order valence-electron chi connectivity index (χ1n) is 12.4. The van der Waals surface area contributed by atoms with Gasteiger partial charge >= 0.3 is 0 Å². The molecule has 1 unspecified atom stereocenters. The number of likely N-dealkylation sites (tertiary alicyclic amines) is 2. The lowest BCUT2D eigenvalue weighted by Crippen LogP contribution is -2.36. The summed E-state index contributed by atoms with van der Waals surface area (Å²) < 4.78 is 13.3. The highest BCUT2D eigenvalue weighted by atomic mass is 35.5. The summed E-state index contributed by atoms with van der Waals surface area (Å²) in [5, 5.41) is 0.631. The van der Waals surface area contributed by atoms with Crippen LogP contribution >= 0.6 is 22.9 Å². The average molecular weight is 535 g/mol. The van der Waals surface area contributed by atoms with Crippen molar-refractivity contribution in [2.45, 2.75) is 44.9 Å². The van der Waals surface area contributed by atoms with Crippen LogP contribution in [0.2, 0.25) is 5.02 Å². The first kappa shape index (κ1) is 22.9. The molecule has 0 spiro atoms. The van der Waals surface area contributed by atoms with Crippen LogP contribution in [0, 0.1) is 0 Å². The molecule has 2 saturated heterocycles. The van der Waals surface area contributed by atoms with Gasteiger partial charge in [0, 0.05) is 58.6 Å². The van der Waals surface area contributed by atoms with E-state index in [1.807, 2.05) is 24.3 Å². The number of aromatic nitrogens is 2. The molecule has 0 saturated carbocycles. The number of hydrogen-bond donors (Lipinski definition) is 0.